The van der Waals surface area contributed by atoms with E-state index in [1.54, 1.807) is 0 Å². The molecule has 2 nitrogen and oxygen atoms in total. The van der Waals surface area contributed by atoms with Crippen molar-refractivity contribution in [3.8, 4) is 0 Å². The lowest BCUT2D eigenvalue weighted by Gasteiger charge is -2.27. The summed E-state index contributed by atoms with van der Waals surface area (Å²) in [4.78, 5) is 0. The Balaban J connectivity index is 2.10. The molecule has 1 fully saturated rings. The van der Waals surface area contributed by atoms with Crippen LogP contribution in [0.2, 0.25) is 0 Å². The van der Waals surface area contributed by atoms with Crippen LogP contribution in [0.4, 0.5) is 0 Å². The Hall–Kier alpha value is -0.0800. The Morgan fingerprint density at radius 2 is 1.86 bits per heavy atom. The van der Waals surface area contributed by atoms with Gasteiger partial charge in [-0.2, -0.15) is 0 Å². The molecular formula is C12H25NO. The van der Waals surface area contributed by atoms with E-state index in [4.69, 9.17) is 10.5 Å². The van der Waals surface area contributed by atoms with Crippen molar-refractivity contribution >= 4 is 0 Å². The standard InChI is InChI=1S/C12H25NO/c1-10(2)4-3-5-12(13)11-6-8-14-9-7-11/h10-12H,3-9,13H2,1-2H3. The maximum atomic E-state index is 6.18. The van der Waals surface area contributed by atoms with Crippen molar-refractivity contribution in [2.75, 3.05) is 13.2 Å². The molecule has 1 aliphatic heterocycles. The average molecular weight is 199 g/mol. The fraction of sp³-hybridized carbons (Fsp3) is 1.00. The fourth-order valence-electron chi connectivity index (χ4n) is 2.14. The van der Waals surface area contributed by atoms with Crippen molar-refractivity contribution < 1.29 is 4.74 Å². The lowest BCUT2D eigenvalue weighted by molar-refractivity contribution is 0.0571. The van der Waals surface area contributed by atoms with Crippen molar-refractivity contribution in [2.24, 2.45) is 17.6 Å². The molecule has 0 aliphatic carbocycles. The Labute approximate surface area is 88.2 Å². The molecule has 0 aromatic heterocycles. The number of nitrogens with two attached hydrogens (primary N) is 1. The molecule has 0 saturated carbocycles. The van der Waals surface area contributed by atoms with E-state index >= 15 is 0 Å². The number of hydrogen-bond donors (Lipinski definition) is 1. The monoisotopic (exact) mass is 199 g/mol. The fourth-order valence-corrected chi connectivity index (χ4v) is 2.14. The van der Waals surface area contributed by atoms with Gasteiger partial charge < -0.3 is 10.5 Å². The molecule has 0 aromatic rings. The van der Waals surface area contributed by atoms with Crippen molar-refractivity contribution in [1.29, 1.82) is 0 Å². The van der Waals surface area contributed by atoms with E-state index < -0.39 is 0 Å². The number of rotatable bonds is 5. The Bertz CT molecular complexity index is 141. The van der Waals surface area contributed by atoms with Gasteiger partial charge in [-0.1, -0.05) is 26.7 Å². The average Bonchev–Trinajstić information content (AvgIpc) is 2.18. The molecule has 0 spiro atoms. The minimum atomic E-state index is 0.414. The first-order chi connectivity index (χ1) is 6.70. The Kier molecular flexibility index (Phi) is 5.49. The topological polar surface area (TPSA) is 35.2 Å². The van der Waals surface area contributed by atoms with Crippen molar-refractivity contribution in [3.05, 3.63) is 0 Å². The first-order valence-corrected chi connectivity index (χ1v) is 6.03. The minimum absolute atomic E-state index is 0.414. The maximum Gasteiger partial charge on any atom is 0.0469 e. The third kappa shape index (κ3) is 4.43. The molecule has 1 heterocycles. The highest BCUT2D eigenvalue weighted by molar-refractivity contribution is 4.75. The molecule has 0 radical (unpaired) electrons. The number of hydrogen-bond acceptors (Lipinski definition) is 2. The molecule has 84 valence electrons. The van der Waals surface area contributed by atoms with Crippen molar-refractivity contribution in [1.82, 2.24) is 0 Å². The summed E-state index contributed by atoms with van der Waals surface area (Å²) in [6.45, 7) is 6.39. The maximum absolute atomic E-state index is 6.18. The van der Waals surface area contributed by atoms with E-state index in [9.17, 15) is 0 Å². The van der Waals surface area contributed by atoms with E-state index in [1.807, 2.05) is 0 Å². The van der Waals surface area contributed by atoms with Crippen molar-refractivity contribution in [2.45, 2.75) is 52.0 Å². The zero-order valence-electron chi connectivity index (χ0n) is 9.67. The lowest BCUT2D eigenvalue weighted by Crippen LogP contribution is -2.34. The van der Waals surface area contributed by atoms with Gasteiger partial charge in [-0.25, -0.2) is 0 Å². The smallest absolute Gasteiger partial charge is 0.0469 e. The van der Waals surface area contributed by atoms with Crippen LogP contribution in [0.15, 0.2) is 0 Å². The van der Waals surface area contributed by atoms with Gasteiger partial charge in [0.15, 0.2) is 0 Å². The molecule has 1 atom stereocenters. The normalized spacial score (nSPS) is 21.4. The second kappa shape index (κ2) is 6.41. The SMILES string of the molecule is CC(C)CCCC(N)C1CCOCC1. The van der Waals surface area contributed by atoms with Crippen LogP contribution in [0.3, 0.4) is 0 Å². The predicted molar refractivity (Wildman–Crippen MR) is 60.2 cm³/mol. The molecular weight excluding hydrogens is 174 g/mol. The van der Waals surface area contributed by atoms with Crippen LogP contribution < -0.4 is 5.73 Å². The highest BCUT2D eigenvalue weighted by Crippen LogP contribution is 2.21. The third-order valence-corrected chi connectivity index (χ3v) is 3.19. The van der Waals surface area contributed by atoms with Gasteiger partial charge in [0.2, 0.25) is 0 Å². The first kappa shape index (κ1) is 12.0. The van der Waals surface area contributed by atoms with Gasteiger partial charge >= 0.3 is 0 Å². The van der Waals surface area contributed by atoms with Crippen LogP contribution >= 0.6 is 0 Å². The molecule has 0 amide bonds. The molecule has 1 saturated heterocycles. The zero-order valence-corrected chi connectivity index (χ0v) is 9.67. The van der Waals surface area contributed by atoms with Crippen molar-refractivity contribution in [3.63, 3.8) is 0 Å². The highest BCUT2D eigenvalue weighted by Gasteiger charge is 2.20. The van der Waals surface area contributed by atoms with E-state index in [2.05, 4.69) is 13.8 Å². The second-order valence-electron chi connectivity index (χ2n) is 4.94. The van der Waals surface area contributed by atoms with Crippen LogP contribution in [-0.4, -0.2) is 19.3 Å². The molecule has 14 heavy (non-hydrogen) atoms. The summed E-state index contributed by atoms with van der Waals surface area (Å²) in [5, 5.41) is 0. The third-order valence-electron chi connectivity index (χ3n) is 3.19. The molecule has 0 bridgehead atoms. The largest absolute Gasteiger partial charge is 0.381 e. The lowest BCUT2D eigenvalue weighted by atomic mass is 9.88. The van der Waals surface area contributed by atoms with E-state index in [-0.39, 0.29) is 0 Å². The van der Waals surface area contributed by atoms with Gasteiger partial charge in [0.05, 0.1) is 0 Å². The Morgan fingerprint density at radius 3 is 2.43 bits per heavy atom. The van der Waals surface area contributed by atoms with Gasteiger partial charge in [-0.15, -0.1) is 0 Å². The molecule has 1 aliphatic rings. The summed E-state index contributed by atoms with van der Waals surface area (Å²) in [7, 11) is 0. The van der Waals surface area contributed by atoms with Gasteiger partial charge in [0, 0.05) is 19.3 Å². The summed E-state index contributed by atoms with van der Waals surface area (Å²) in [5.74, 6) is 1.54. The summed E-state index contributed by atoms with van der Waals surface area (Å²) in [5.41, 5.74) is 6.18. The van der Waals surface area contributed by atoms with Gasteiger partial charge in [-0.3, -0.25) is 0 Å². The van der Waals surface area contributed by atoms with Crippen LogP contribution in [0.1, 0.15) is 46.0 Å². The van der Waals surface area contributed by atoms with Crippen LogP contribution in [-0.2, 0) is 4.74 Å². The van der Waals surface area contributed by atoms with Crippen LogP contribution in [0.5, 0.6) is 0 Å². The highest BCUT2D eigenvalue weighted by atomic mass is 16.5. The van der Waals surface area contributed by atoms with E-state index in [0.717, 1.165) is 25.0 Å². The van der Waals surface area contributed by atoms with Gasteiger partial charge in [0.25, 0.3) is 0 Å². The summed E-state index contributed by atoms with van der Waals surface area (Å²) in [6.07, 6.45) is 6.14. The van der Waals surface area contributed by atoms with Gasteiger partial charge in [0.1, 0.15) is 0 Å². The predicted octanol–water partition coefficient (Wildman–Crippen LogP) is 2.57. The number of ether oxygens (including phenoxy) is 1. The minimum Gasteiger partial charge on any atom is -0.381 e. The molecule has 2 N–H and O–H groups in total. The van der Waals surface area contributed by atoms with Crippen LogP contribution in [0, 0.1) is 11.8 Å². The first-order valence-electron chi connectivity index (χ1n) is 6.03. The molecule has 2 heteroatoms. The summed E-state index contributed by atoms with van der Waals surface area (Å²) >= 11 is 0. The quantitative estimate of drug-likeness (QED) is 0.738. The van der Waals surface area contributed by atoms with Gasteiger partial charge in [-0.05, 0) is 31.1 Å². The second-order valence-corrected chi connectivity index (χ2v) is 4.94. The summed E-state index contributed by atoms with van der Waals surface area (Å²) in [6, 6.07) is 0.414. The Morgan fingerprint density at radius 1 is 1.21 bits per heavy atom. The molecule has 0 aromatic carbocycles. The summed E-state index contributed by atoms with van der Waals surface area (Å²) < 4.78 is 5.34. The van der Waals surface area contributed by atoms with E-state index in [1.165, 1.54) is 32.1 Å². The molecule has 1 unspecified atom stereocenters. The zero-order chi connectivity index (χ0) is 10.4. The van der Waals surface area contributed by atoms with E-state index in [0.29, 0.717) is 6.04 Å². The molecule has 1 rings (SSSR count). The van der Waals surface area contributed by atoms with Crippen LogP contribution in [0.25, 0.3) is 0 Å².